The molecule has 0 aromatic carbocycles. The van der Waals surface area contributed by atoms with Gasteiger partial charge in [0.15, 0.2) is 0 Å². The van der Waals surface area contributed by atoms with Crippen molar-refractivity contribution in [2.75, 3.05) is 18.1 Å². The van der Waals surface area contributed by atoms with Gasteiger partial charge in [-0.25, -0.2) is 8.42 Å². The van der Waals surface area contributed by atoms with E-state index in [2.05, 4.69) is 33.0 Å². The smallest absolute Gasteiger partial charge is 0.150 e. The van der Waals surface area contributed by atoms with E-state index in [0.29, 0.717) is 17.7 Å². The molecule has 21 heavy (non-hydrogen) atoms. The van der Waals surface area contributed by atoms with Crippen LogP contribution in [0.2, 0.25) is 0 Å². The summed E-state index contributed by atoms with van der Waals surface area (Å²) < 4.78 is 23.6. The second kappa shape index (κ2) is 7.96. The number of nitrogens with one attached hydrogen (secondary N) is 1. The predicted octanol–water partition coefficient (Wildman–Crippen LogP) is 3.64. The van der Waals surface area contributed by atoms with Gasteiger partial charge in [0.25, 0.3) is 0 Å². The van der Waals surface area contributed by atoms with E-state index >= 15 is 0 Å². The van der Waals surface area contributed by atoms with E-state index in [0.717, 1.165) is 25.3 Å². The van der Waals surface area contributed by atoms with Crippen LogP contribution in [0.15, 0.2) is 0 Å². The van der Waals surface area contributed by atoms with Crippen LogP contribution >= 0.6 is 0 Å². The van der Waals surface area contributed by atoms with Gasteiger partial charge in [0, 0.05) is 11.8 Å². The monoisotopic (exact) mass is 317 g/mol. The second-order valence-electron chi connectivity index (χ2n) is 7.56. The Bertz CT molecular complexity index is 403. The molecule has 1 fully saturated rings. The Hall–Kier alpha value is -0.0900. The fourth-order valence-electron chi connectivity index (χ4n) is 3.62. The molecule has 4 heteroatoms. The Balaban J connectivity index is 2.72. The average Bonchev–Trinajstić information content (AvgIpc) is 2.43. The van der Waals surface area contributed by atoms with E-state index < -0.39 is 9.84 Å². The Morgan fingerprint density at radius 2 is 1.86 bits per heavy atom. The highest BCUT2D eigenvalue weighted by molar-refractivity contribution is 7.91. The van der Waals surface area contributed by atoms with Crippen LogP contribution in [0.25, 0.3) is 0 Å². The van der Waals surface area contributed by atoms with Gasteiger partial charge in [-0.2, -0.15) is 0 Å². The molecular weight excluding hydrogens is 282 g/mol. The predicted molar refractivity (Wildman–Crippen MR) is 91.3 cm³/mol. The van der Waals surface area contributed by atoms with Gasteiger partial charge in [-0.3, -0.25) is 0 Å². The Kier molecular flexibility index (Phi) is 7.18. The Morgan fingerprint density at radius 3 is 2.43 bits per heavy atom. The normalized spacial score (nSPS) is 27.8. The van der Waals surface area contributed by atoms with Gasteiger partial charge in [-0.1, -0.05) is 41.0 Å². The van der Waals surface area contributed by atoms with Gasteiger partial charge in [0.05, 0.1) is 5.75 Å². The summed E-state index contributed by atoms with van der Waals surface area (Å²) in [5.74, 6) is 1.98. The SMILES string of the molecule is CCCNC1CC(C)CCC1C(C)(C)CCS(=O)(=O)CC. The van der Waals surface area contributed by atoms with E-state index in [4.69, 9.17) is 0 Å². The van der Waals surface area contributed by atoms with Crippen molar-refractivity contribution in [1.82, 2.24) is 5.32 Å². The molecular formula is C17H35NO2S. The van der Waals surface area contributed by atoms with Crippen LogP contribution in [0.5, 0.6) is 0 Å². The summed E-state index contributed by atoms with van der Waals surface area (Å²) in [7, 11) is -2.86. The molecule has 3 unspecified atom stereocenters. The van der Waals surface area contributed by atoms with Crippen LogP contribution in [0.3, 0.4) is 0 Å². The zero-order valence-electron chi connectivity index (χ0n) is 14.6. The number of sulfone groups is 1. The van der Waals surface area contributed by atoms with Crippen LogP contribution in [-0.2, 0) is 9.84 Å². The lowest BCUT2D eigenvalue weighted by molar-refractivity contribution is 0.0914. The first-order valence-electron chi connectivity index (χ1n) is 8.65. The minimum atomic E-state index is -2.86. The van der Waals surface area contributed by atoms with Gasteiger partial charge in [0.2, 0.25) is 0 Å². The molecule has 126 valence electrons. The molecule has 0 radical (unpaired) electrons. The molecule has 1 saturated carbocycles. The number of hydrogen-bond acceptors (Lipinski definition) is 3. The maximum atomic E-state index is 11.8. The molecule has 3 atom stereocenters. The van der Waals surface area contributed by atoms with E-state index in [1.54, 1.807) is 6.92 Å². The third kappa shape index (κ3) is 5.90. The largest absolute Gasteiger partial charge is 0.314 e. The van der Waals surface area contributed by atoms with E-state index in [-0.39, 0.29) is 11.2 Å². The van der Waals surface area contributed by atoms with Crippen molar-refractivity contribution in [1.29, 1.82) is 0 Å². The van der Waals surface area contributed by atoms with Crippen LogP contribution < -0.4 is 5.32 Å². The quantitative estimate of drug-likeness (QED) is 0.743. The fraction of sp³-hybridized carbons (Fsp3) is 1.00. The standard InChI is InChI=1S/C17H35NO2S/c1-6-11-18-16-13-14(3)8-9-15(16)17(4,5)10-12-21(19,20)7-2/h14-16,18H,6-13H2,1-5H3. The maximum Gasteiger partial charge on any atom is 0.150 e. The van der Waals surface area contributed by atoms with Crippen molar-refractivity contribution < 1.29 is 8.42 Å². The van der Waals surface area contributed by atoms with Crippen molar-refractivity contribution in [2.45, 2.75) is 72.8 Å². The van der Waals surface area contributed by atoms with E-state index in [9.17, 15) is 8.42 Å². The third-order valence-corrected chi connectivity index (χ3v) is 6.98. The lowest BCUT2D eigenvalue weighted by Crippen LogP contribution is -2.47. The lowest BCUT2D eigenvalue weighted by atomic mass is 9.65. The first-order valence-corrected chi connectivity index (χ1v) is 10.5. The molecule has 1 rings (SSSR count). The zero-order chi connectivity index (χ0) is 16.1. The topological polar surface area (TPSA) is 46.2 Å². The molecule has 0 amide bonds. The molecule has 1 aliphatic carbocycles. The summed E-state index contributed by atoms with van der Waals surface area (Å²) in [5, 5.41) is 3.72. The minimum absolute atomic E-state index is 0.0911. The lowest BCUT2D eigenvalue weighted by Gasteiger charge is -2.45. The van der Waals surface area contributed by atoms with Crippen molar-refractivity contribution in [2.24, 2.45) is 17.3 Å². The van der Waals surface area contributed by atoms with Crippen LogP contribution in [-0.4, -0.2) is 32.5 Å². The van der Waals surface area contributed by atoms with Crippen LogP contribution in [0.1, 0.15) is 66.7 Å². The first-order chi connectivity index (χ1) is 9.72. The summed E-state index contributed by atoms with van der Waals surface area (Å²) in [6, 6.07) is 0.549. The van der Waals surface area contributed by atoms with Crippen molar-refractivity contribution in [3.05, 3.63) is 0 Å². The summed E-state index contributed by atoms with van der Waals surface area (Å²) in [5.41, 5.74) is 0.0911. The third-order valence-electron chi connectivity index (χ3n) is 5.27. The van der Waals surface area contributed by atoms with E-state index in [1.165, 1.54) is 19.3 Å². The molecule has 1 N–H and O–H groups in total. The number of rotatable bonds is 8. The zero-order valence-corrected chi connectivity index (χ0v) is 15.4. The van der Waals surface area contributed by atoms with Crippen LogP contribution in [0.4, 0.5) is 0 Å². The highest BCUT2D eigenvalue weighted by atomic mass is 32.2. The van der Waals surface area contributed by atoms with Gasteiger partial charge in [-0.05, 0) is 49.5 Å². The summed E-state index contributed by atoms with van der Waals surface area (Å²) >= 11 is 0. The van der Waals surface area contributed by atoms with Crippen LogP contribution in [0, 0.1) is 17.3 Å². The molecule has 0 heterocycles. The minimum Gasteiger partial charge on any atom is -0.314 e. The van der Waals surface area contributed by atoms with E-state index in [1.807, 2.05) is 0 Å². The molecule has 0 saturated heterocycles. The highest BCUT2D eigenvalue weighted by Gasteiger charge is 2.38. The maximum absolute atomic E-state index is 11.8. The van der Waals surface area contributed by atoms with Gasteiger partial charge in [-0.15, -0.1) is 0 Å². The van der Waals surface area contributed by atoms with Gasteiger partial charge in [0.1, 0.15) is 9.84 Å². The molecule has 0 aromatic heterocycles. The molecule has 0 spiro atoms. The average molecular weight is 318 g/mol. The summed E-state index contributed by atoms with van der Waals surface area (Å²) in [4.78, 5) is 0. The van der Waals surface area contributed by atoms with Gasteiger partial charge < -0.3 is 5.32 Å². The molecule has 0 bridgehead atoms. The molecule has 0 aliphatic heterocycles. The van der Waals surface area contributed by atoms with Crippen molar-refractivity contribution >= 4 is 9.84 Å². The second-order valence-corrected chi connectivity index (χ2v) is 10.0. The molecule has 1 aliphatic rings. The molecule has 0 aromatic rings. The van der Waals surface area contributed by atoms with Crippen molar-refractivity contribution in [3.8, 4) is 0 Å². The van der Waals surface area contributed by atoms with Gasteiger partial charge >= 0.3 is 0 Å². The Labute approximate surface area is 132 Å². The van der Waals surface area contributed by atoms with Crippen molar-refractivity contribution in [3.63, 3.8) is 0 Å². The molecule has 3 nitrogen and oxygen atoms in total. The summed E-state index contributed by atoms with van der Waals surface area (Å²) in [6.45, 7) is 11.9. The number of hydrogen-bond donors (Lipinski definition) is 1. The Morgan fingerprint density at radius 1 is 1.19 bits per heavy atom. The first kappa shape index (κ1) is 19.0. The fourth-order valence-corrected chi connectivity index (χ4v) is 4.75. The summed E-state index contributed by atoms with van der Waals surface area (Å²) in [6.07, 6.45) is 5.67. The highest BCUT2D eigenvalue weighted by Crippen LogP contribution is 2.42.